The van der Waals surface area contributed by atoms with E-state index in [0.29, 0.717) is 11.6 Å². The first-order chi connectivity index (χ1) is 10.3. The molecule has 0 aliphatic heterocycles. The molecule has 6 heteroatoms. The summed E-state index contributed by atoms with van der Waals surface area (Å²) < 4.78 is 5.26. The van der Waals surface area contributed by atoms with Crippen molar-refractivity contribution in [2.45, 2.75) is 6.04 Å². The highest BCUT2D eigenvalue weighted by molar-refractivity contribution is 5.79. The number of pyridine rings is 1. The van der Waals surface area contributed by atoms with Gasteiger partial charge in [-0.3, -0.25) is 15.8 Å². The van der Waals surface area contributed by atoms with Crippen LogP contribution in [0.4, 0.5) is 0 Å². The van der Waals surface area contributed by atoms with Crippen LogP contribution in [0.1, 0.15) is 17.3 Å². The molecular weight excluding hydrogens is 266 g/mol. The van der Waals surface area contributed by atoms with Gasteiger partial charge in [0.15, 0.2) is 0 Å². The van der Waals surface area contributed by atoms with Gasteiger partial charge >= 0.3 is 0 Å². The van der Waals surface area contributed by atoms with Crippen molar-refractivity contribution in [2.75, 3.05) is 7.11 Å². The van der Waals surface area contributed by atoms with Crippen LogP contribution in [0.2, 0.25) is 0 Å². The van der Waals surface area contributed by atoms with Gasteiger partial charge in [-0.25, -0.2) is 10.4 Å². The van der Waals surface area contributed by atoms with E-state index < -0.39 is 0 Å². The maximum atomic E-state index is 5.72. The van der Waals surface area contributed by atoms with Crippen LogP contribution in [0.15, 0.2) is 48.9 Å². The van der Waals surface area contributed by atoms with Crippen molar-refractivity contribution in [1.29, 1.82) is 0 Å². The highest BCUT2D eigenvalue weighted by atomic mass is 16.5. The highest BCUT2D eigenvalue weighted by Gasteiger charge is 2.19. The molecule has 0 saturated carbocycles. The maximum absolute atomic E-state index is 5.72. The zero-order chi connectivity index (χ0) is 14.7. The summed E-state index contributed by atoms with van der Waals surface area (Å²) in [6.07, 6.45) is 4.97. The third-order valence-corrected chi connectivity index (χ3v) is 3.29. The number of nitrogens with zero attached hydrogens (tertiary/aromatic N) is 3. The van der Waals surface area contributed by atoms with Crippen LogP contribution >= 0.6 is 0 Å². The zero-order valence-electron chi connectivity index (χ0n) is 11.5. The second-order valence-corrected chi connectivity index (χ2v) is 4.51. The zero-order valence-corrected chi connectivity index (χ0v) is 11.5. The summed E-state index contributed by atoms with van der Waals surface area (Å²) in [6.45, 7) is 0. The van der Waals surface area contributed by atoms with Gasteiger partial charge in [-0.2, -0.15) is 0 Å². The fraction of sp³-hybridized carbons (Fsp3) is 0.133. The summed E-state index contributed by atoms with van der Waals surface area (Å²) in [6, 6.07) is 9.55. The van der Waals surface area contributed by atoms with E-state index in [0.717, 1.165) is 16.5 Å². The third kappa shape index (κ3) is 2.54. The molecule has 6 nitrogen and oxygen atoms in total. The number of nitrogens with two attached hydrogens (primary N) is 1. The number of aromatic nitrogens is 3. The summed E-state index contributed by atoms with van der Waals surface area (Å²) in [4.78, 5) is 12.8. The van der Waals surface area contributed by atoms with Gasteiger partial charge in [0.25, 0.3) is 0 Å². The van der Waals surface area contributed by atoms with Crippen LogP contribution in [0.5, 0.6) is 5.88 Å². The fourth-order valence-electron chi connectivity index (χ4n) is 2.30. The van der Waals surface area contributed by atoms with E-state index in [4.69, 9.17) is 10.6 Å². The molecule has 0 saturated heterocycles. The average molecular weight is 281 g/mol. The van der Waals surface area contributed by atoms with Crippen molar-refractivity contribution >= 4 is 10.9 Å². The Labute approximate surface area is 122 Å². The van der Waals surface area contributed by atoms with E-state index >= 15 is 0 Å². The molecule has 0 bridgehead atoms. The minimum atomic E-state index is -0.307. The van der Waals surface area contributed by atoms with Gasteiger partial charge in [-0.1, -0.05) is 12.1 Å². The number of benzene rings is 1. The molecule has 0 spiro atoms. The SMILES string of the molecule is COc1nccnc1C(NN)c1ccc2ncccc2c1. The quantitative estimate of drug-likeness (QED) is 0.558. The fourth-order valence-corrected chi connectivity index (χ4v) is 2.30. The number of rotatable bonds is 4. The molecule has 106 valence electrons. The van der Waals surface area contributed by atoms with E-state index in [-0.39, 0.29) is 6.04 Å². The smallest absolute Gasteiger partial charge is 0.237 e. The maximum Gasteiger partial charge on any atom is 0.237 e. The van der Waals surface area contributed by atoms with Gasteiger partial charge in [-0.15, -0.1) is 0 Å². The summed E-state index contributed by atoms with van der Waals surface area (Å²) >= 11 is 0. The average Bonchev–Trinajstić information content (AvgIpc) is 2.56. The Morgan fingerprint density at radius 1 is 1.10 bits per heavy atom. The molecule has 1 unspecified atom stereocenters. The van der Waals surface area contributed by atoms with Crippen molar-refractivity contribution in [2.24, 2.45) is 5.84 Å². The first kappa shape index (κ1) is 13.4. The normalized spacial score (nSPS) is 12.3. The van der Waals surface area contributed by atoms with E-state index in [1.54, 1.807) is 25.7 Å². The van der Waals surface area contributed by atoms with Crippen molar-refractivity contribution in [3.05, 3.63) is 60.2 Å². The van der Waals surface area contributed by atoms with E-state index in [1.165, 1.54) is 0 Å². The van der Waals surface area contributed by atoms with Gasteiger partial charge in [-0.05, 0) is 23.8 Å². The summed E-state index contributed by atoms with van der Waals surface area (Å²) in [5, 5.41) is 1.04. The number of hydrazine groups is 1. The number of hydrogen-bond acceptors (Lipinski definition) is 6. The molecule has 0 fully saturated rings. The van der Waals surface area contributed by atoms with Crippen molar-refractivity contribution in [1.82, 2.24) is 20.4 Å². The number of ether oxygens (including phenoxy) is 1. The lowest BCUT2D eigenvalue weighted by Crippen LogP contribution is -2.30. The summed E-state index contributed by atoms with van der Waals surface area (Å²) in [5.41, 5.74) is 5.32. The summed E-state index contributed by atoms with van der Waals surface area (Å²) in [5.74, 6) is 6.17. The van der Waals surface area contributed by atoms with Crippen LogP contribution in [0.3, 0.4) is 0 Å². The Hall–Kier alpha value is -2.57. The lowest BCUT2D eigenvalue weighted by molar-refractivity contribution is 0.383. The molecule has 3 N–H and O–H groups in total. The van der Waals surface area contributed by atoms with Crippen molar-refractivity contribution < 1.29 is 4.74 Å². The number of hydrogen-bond donors (Lipinski definition) is 2. The minimum absolute atomic E-state index is 0.307. The Balaban J connectivity index is 2.09. The minimum Gasteiger partial charge on any atom is -0.480 e. The Bertz CT molecular complexity index is 762. The number of methoxy groups -OCH3 is 1. The van der Waals surface area contributed by atoms with E-state index in [2.05, 4.69) is 20.4 Å². The van der Waals surface area contributed by atoms with Gasteiger partial charge in [0.05, 0.1) is 18.7 Å². The molecule has 1 atom stereocenters. The molecule has 0 amide bonds. The van der Waals surface area contributed by atoms with Crippen LogP contribution in [-0.2, 0) is 0 Å². The largest absolute Gasteiger partial charge is 0.480 e. The molecule has 0 aliphatic carbocycles. The lowest BCUT2D eigenvalue weighted by Gasteiger charge is -2.17. The second kappa shape index (κ2) is 5.82. The molecule has 1 aromatic carbocycles. The molecule has 3 aromatic rings. The molecule has 21 heavy (non-hydrogen) atoms. The third-order valence-electron chi connectivity index (χ3n) is 3.29. The van der Waals surface area contributed by atoms with Gasteiger partial charge in [0.2, 0.25) is 5.88 Å². The molecule has 0 radical (unpaired) electrons. The van der Waals surface area contributed by atoms with Crippen molar-refractivity contribution in [3.8, 4) is 5.88 Å². The first-order valence-electron chi connectivity index (χ1n) is 6.49. The lowest BCUT2D eigenvalue weighted by atomic mass is 10.0. The standard InChI is InChI=1S/C15H15N5O/c1-21-15-14(18-7-8-19-15)13(20-16)11-4-5-12-10(9-11)3-2-6-17-12/h2-9,13,20H,16H2,1H3. The molecular formula is C15H15N5O. The predicted molar refractivity (Wildman–Crippen MR) is 79.5 cm³/mol. The summed E-state index contributed by atoms with van der Waals surface area (Å²) in [7, 11) is 1.56. The van der Waals surface area contributed by atoms with E-state index in [1.807, 2.05) is 30.3 Å². The predicted octanol–water partition coefficient (Wildman–Crippen LogP) is 1.59. The Kier molecular flexibility index (Phi) is 3.72. The van der Waals surface area contributed by atoms with Crippen LogP contribution in [-0.4, -0.2) is 22.1 Å². The molecule has 2 heterocycles. The monoisotopic (exact) mass is 281 g/mol. The van der Waals surface area contributed by atoms with Gasteiger partial charge in [0.1, 0.15) is 5.69 Å². The highest BCUT2D eigenvalue weighted by Crippen LogP contribution is 2.27. The van der Waals surface area contributed by atoms with Gasteiger partial charge in [0, 0.05) is 24.0 Å². The Morgan fingerprint density at radius 3 is 2.76 bits per heavy atom. The van der Waals surface area contributed by atoms with Crippen LogP contribution in [0.25, 0.3) is 10.9 Å². The van der Waals surface area contributed by atoms with E-state index in [9.17, 15) is 0 Å². The number of fused-ring (bicyclic) bond motifs is 1. The van der Waals surface area contributed by atoms with Crippen LogP contribution < -0.4 is 16.0 Å². The number of nitrogens with one attached hydrogen (secondary N) is 1. The van der Waals surface area contributed by atoms with Gasteiger partial charge < -0.3 is 4.74 Å². The Morgan fingerprint density at radius 2 is 1.95 bits per heavy atom. The molecule has 2 aromatic heterocycles. The first-order valence-corrected chi connectivity index (χ1v) is 6.49. The molecule has 3 rings (SSSR count). The van der Waals surface area contributed by atoms with Crippen molar-refractivity contribution in [3.63, 3.8) is 0 Å². The molecule has 0 aliphatic rings. The van der Waals surface area contributed by atoms with Crippen LogP contribution in [0, 0.1) is 0 Å². The second-order valence-electron chi connectivity index (χ2n) is 4.51. The topological polar surface area (TPSA) is 86.0 Å².